The SMILES string of the molecule is CN(C)CCN1CCN(C(=O)CCc2ccncc2)CC1=O. The molecular weight excluding hydrogens is 280 g/mol. The van der Waals surface area contributed by atoms with Gasteiger partial charge in [0.2, 0.25) is 11.8 Å². The Bertz CT molecular complexity index is 504. The zero-order chi connectivity index (χ0) is 15.9. The van der Waals surface area contributed by atoms with Gasteiger partial charge in [0.05, 0.1) is 6.54 Å². The fourth-order valence-electron chi connectivity index (χ4n) is 2.44. The molecule has 1 fully saturated rings. The van der Waals surface area contributed by atoms with Crippen molar-refractivity contribution in [1.29, 1.82) is 0 Å². The van der Waals surface area contributed by atoms with Crippen LogP contribution in [-0.2, 0) is 16.0 Å². The van der Waals surface area contributed by atoms with Gasteiger partial charge in [-0.1, -0.05) is 0 Å². The number of piperazine rings is 1. The third kappa shape index (κ3) is 4.80. The predicted octanol–water partition coefficient (Wildman–Crippen LogP) is 0.247. The summed E-state index contributed by atoms with van der Waals surface area (Å²) in [6.45, 7) is 3.05. The number of likely N-dealkylation sites (N-methyl/N-ethyl adjacent to an activating group) is 1. The van der Waals surface area contributed by atoms with E-state index in [1.54, 1.807) is 17.3 Å². The molecule has 0 aliphatic carbocycles. The molecule has 22 heavy (non-hydrogen) atoms. The first kappa shape index (κ1) is 16.4. The minimum atomic E-state index is 0.0466. The molecule has 6 nitrogen and oxygen atoms in total. The van der Waals surface area contributed by atoms with Gasteiger partial charge in [-0.2, -0.15) is 0 Å². The smallest absolute Gasteiger partial charge is 0.242 e. The van der Waals surface area contributed by atoms with Crippen LogP contribution in [0.25, 0.3) is 0 Å². The normalized spacial score (nSPS) is 15.5. The predicted molar refractivity (Wildman–Crippen MR) is 84.3 cm³/mol. The Morgan fingerprint density at radius 3 is 2.64 bits per heavy atom. The molecule has 120 valence electrons. The first-order chi connectivity index (χ1) is 10.6. The summed E-state index contributed by atoms with van der Waals surface area (Å²) < 4.78 is 0. The van der Waals surface area contributed by atoms with Crippen LogP contribution in [0.4, 0.5) is 0 Å². The lowest BCUT2D eigenvalue weighted by atomic mass is 10.1. The molecule has 6 heteroatoms. The highest BCUT2D eigenvalue weighted by Crippen LogP contribution is 2.08. The van der Waals surface area contributed by atoms with Crippen LogP contribution in [0.2, 0.25) is 0 Å². The van der Waals surface area contributed by atoms with Crippen molar-refractivity contribution in [2.75, 3.05) is 46.8 Å². The molecule has 0 N–H and O–H groups in total. The van der Waals surface area contributed by atoms with Crippen molar-refractivity contribution in [3.05, 3.63) is 30.1 Å². The van der Waals surface area contributed by atoms with Crippen LogP contribution in [0.5, 0.6) is 0 Å². The number of aryl methyl sites for hydroxylation is 1. The van der Waals surface area contributed by atoms with Crippen LogP contribution in [-0.4, -0.2) is 78.3 Å². The lowest BCUT2D eigenvalue weighted by Gasteiger charge is -2.35. The number of amides is 2. The second kappa shape index (κ2) is 7.89. The summed E-state index contributed by atoms with van der Waals surface area (Å²) in [5.74, 6) is 0.0998. The van der Waals surface area contributed by atoms with Crippen LogP contribution in [0.1, 0.15) is 12.0 Å². The van der Waals surface area contributed by atoms with Gasteiger partial charge in [-0.3, -0.25) is 14.6 Å². The topological polar surface area (TPSA) is 56.8 Å². The fourth-order valence-corrected chi connectivity index (χ4v) is 2.44. The van der Waals surface area contributed by atoms with E-state index in [9.17, 15) is 9.59 Å². The quantitative estimate of drug-likeness (QED) is 0.756. The van der Waals surface area contributed by atoms with Gasteiger partial charge < -0.3 is 14.7 Å². The Labute approximate surface area is 131 Å². The van der Waals surface area contributed by atoms with Crippen LogP contribution in [0.3, 0.4) is 0 Å². The van der Waals surface area contributed by atoms with Crippen molar-refractivity contribution in [2.24, 2.45) is 0 Å². The molecule has 0 aromatic carbocycles. The van der Waals surface area contributed by atoms with Gasteiger partial charge in [0.25, 0.3) is 0 Å². The summed E-state index contributed by atoms with van der Waals surface area (Å²) in [7, 11) is 3.98. The molecule has 1 aromatic rings. The van der Waals surface area contributed by atoms with Crippen molar-refractivity contribution >= 4 is 11.8 Å². The van der Waals surface area contributed by atoms with E-state index in [0.717, 1.165) is 18.7 Å². The minimum absolute atomic E-state index is 0.0466. The standard InChI is InChI=1S/C16H24N4O2/c1-18(2)9-10-19-11-12-20(13-16(19)22)15(21)4-3-14-5-7-17-8-6-14/h5-8H,3-4,9-13H2,1-2H3. The van der Waals surface area contributed by atoms with Crippen LogP contribution in [0, 0.1) is 0 Å². The highest BCUT2D eigenvalue weighted by molar-refractivity contribution is 5.86. The number of pyridine rings is 1. The van der Waals surface area contributed by atoms with Crippen molar-refractivity contribution < 1.29 is 9.59 Å². The van der Waals surface area contributed by atoms with Crippen molar-refractivity contribution in [3.63, 3.8) is 0 Å². The monoisotopic (exact) mass is 304 g/mol. The van der Waals surface area contributed by atoms with E-state index in [0.29, 0.717) is 25.9 Å². The number of carbonyl (C=O) groups excluding carboxylic acids is 2. The van der Waals surface area contributed by atoms with Gasteiger partial charge in [0, 0.05) is 45.0 Å². The zero-order valence-corrected chi connectivity index (χ0v) is 13.4. The maximum atomic E-state index is 12.2. The number of hydrogen-bond acceptors (Lipinski definition) is 4. The maximum Gasteiger partial charge on any atom is 0.242 e. The highest BCUT2D eigenvalue weighted by Gasteiger charge is 2.26. The molecule has 2 heterocycles. The third-order valence-electron chi connectivity index (χ3n) is 3.87. The van der Waals surface area contributed by atoms with Gasteiger partial charge in [-0.15, -0.1) is 0 Å². The summed E-state index contributed by atoms with van der Waals surface area (Å²) in [4.78, 5) is 33.9. The molecule has 2 amide bonds. The summed E-state index contributed by atoms with van der Waals surface area (Å²) in [5.41, 5.74) is 1.10. The van der Waals surface area contributed by atoms with Crippen molar-refractivity contribution in [3.8, 4) is 0 Å². The van der Waals surface area contributed by atoms with Crippen LogP contribution in [0.15, 0.2) is 24.5 Å². The largest absolute Gasteiger partial charge is 0.338 e. The van der Waals surface area contributed by atoms with Gasteiger partial charge in [0.1, 0.15) is 0 Å². The molecule has 0 radical (unpaired) electrons. The maximum absolute atomic E-state index is 12.2. The second-order valence-electron chi connectivity index (χ2n) is 5.85. The zero-order valence-electron chi connectivity index (χ0n) is 13.4. The number of nitrogens with zero attached hydrogens (tertiary/aromatic N) is 4. The van der Waals surface area contributed by atoms with Crippen molar-refractivity contribution in [2.45, 2.75) is 12.8 Å². The Kier molecular flexibility index (Phi) is 5.89. The van der Waals surface area contributed by atoms with E-state index >= 15 is 0 Å². The Hall–Kier alpha value is -1.95. The fraction of sp³-hybridized carbons (Fsp3) is 0.562. The summed E-state index contributed by atoms with van der Waals surface area (Å²) >= 11 is 0. The highest BCUT2D eigenvalue weighted by atomic mass is 16.2. The summed E-state index contributed by atoms with van der Waals surface area (Å²) in [6, 6.07) is 3.83. The molecule has 0 unspecified atom stereocenters. The first-order valence-corrected chi connectivity index (χ1v) is 7.65. The third-order valence-corrected chi connectivity index (χ3v) is 3.87. The van der Waals surface area contributed by atoms with E-state index in [4.69, 9.17) is 0 Å². The lowest BCUT2D eigenvalue weighted by Crippen LogP contribution is -2.53. The number of aromatic nitrogens is 1. The Morgan fingerprint density at radius 2 is 2.00 bits per heavy atom. The Morgan fingerprint density at radius 1 is 1.27 bits per heavy atom. The molecule has 0 atom stereocenters. The molecule has 1 aliphatic heterocycles. The minimum Gasteiger partial charge on any atom is -0.338 e. The van der Waals surface area contributed by atoms with Gasteiger partial charge in [-0.05, 0) is 38.2 Å². The van der Waals surface area contributed by atoms with Gasteiger partial charge >= 0.3 is 0 Å². The van der Waals surface area contributed by atoms with E-state index < -0.39 is 0 Å². The molecule has 0 saturated carbocycles. The summed E-state index contributed by atoms with van der Waals surface area (Å²) in [6.07, 6.45) is 4.59. The van der Waals surface area contributed by atoms with Gasteiger partial charge in [-0.25, -0.2) is 0 Å². The number of rotatable bonds is 6. The van der Waals surface area contributed by atoms with E-state index in [-0.39, 0.29) is 18.4 Å². The van der Waals surface area contributed by atoms with Crippen LogP contribution < -0.4 is 0 Å². The number of hydrogen-bond donors (Lipinski definition) is 0. The van der Waals surface area contributed by atoms with E-state index in [1.165, 1.54) is 0 Å². The van der Waals surface area contributed by atoms with E-state index in [1.807, 2.05) is 31.1 Å². The Balaban J connectivity index is 1.77. The molecule has 1 aliphatic rings. The molecule has 0 spiro atoms. The second-order valence-corrected chi connectivity index (χ2v) is 5.85. The molecule has 1 aromatic heterocycles. The van der Waals surface area contributed by atoms with E-state index in [2.05, 4.69) is 9.88 Å². The number of carbonyl (C=O) groups is 2. The van der Waals surface area contributed by atoms with Crippen molar-refractivity contribution in [1.82, 2.24) is 19.7 Å². The van der Waals surface area contributed by atoms with Crippen LogP contribution >= 0.6 is 0 Å². The molecule has 0 bridgehead atoms. The lowest BCUT2D eigenvalue weighted by molar-refractivity contribution is -0.145. The average Bonchev–Trinajstić information content (AvgIpc) is 2.52. The average molecular weight is 304 g/mol. The molecular formula is C16H24N4O2. The molecule has 1 saturated heterocycles. The molecule has 2 rings (SSSR count). The first-order valence-electron chi connectivity index (χ1n) is 7.65. The van der Waals surface area contributed by atoms with Gasteiger partial charge in [0.15, 0.2) is 0 Å². The summed E-state index contributed by atoms with van der Waals surface area (Å²) in [5, 5.41) is 0.